The van der Waals surface area contributed by atoms with E-state index < -0.39 is 11.6 Å². The van der Waals surface area contributed by atoms with E-state index >= 15 is 0 Å². The van der Waals surface area contributed by atoms with Crippen molar-refractivity contribution in [3.63, 3.8) is 0 Å². The van der Waals surface area contributed by atoms with Crippen LogP contribution in [0.2, 0.25) is 0 Å². The summed E-state index contributed by atoms with van der Waals surface area (Å²) >= 11 is 4.82. The van der Waals surface area contributed by atoms with Crippen LogP contribution in [0.25, 0.3) is 0 Å². The smallest absolute Gasteiger partial charge is 0.159 e. The summed E-state index contributed by atoms with van der Waals surface area (Å²) in [4.78, 5) is 12.8. The fourth-order valence-corrected chi connectivity index (χ4v) is 3.08. The van der Waals surface area contributed by atoms with Crippen molar-refractivity contribution in [2.24, 2.45) is 0 Å². The summed E-state index contributed by atoms with van der Waals surface area (Å²) in [5.41, 5.74) is 0.488. The minimum Gasteiger partial charge on any atom is -0.298 e. The zero-order valence-corrected chi connectivity index (χ0v) is 12.8. The Labute approximate surface area is 128 Å². The quantitative estimate of drug-likeness (QED) is 0.726. The van der Waals surface area contributed by atoms with E-state index in [-0.39, 0.29) is 12.2 Å². The normalized spacial score (nSPS) is 10.6. The van der Waals surface area contributed by atoms with Crippen LogP contribution in [0.5, 0.6) is 0 Å². The average Bonchev–Trinajstić information content (AvgIpc) is 2.42. The molecule has 0 fully saturated rings. The number of benzene rings is 2. The third-order valence-electron chi connectivity index (χ3n) is 2.61. The van der Waals surface area contributed by atoms with Crippen LogP contribution < -0.4 is 0 Å². The summed E-state index contributed by atoms with van der Waals surface area (Å²) in [5.74, 6) is -1.56. The molecule has 0 saturated carbocycles. The Morgan fingerprint density at radius 1 is 1.10 bits per heavy atom. The van der Waals surface area contributed by atoms with Crippen molar-refractivity contribution >= 4 is 33.5 Å². The number of rotatable bonds is 5. The summed E-state index contributed by atoms with van der Waals surface area (Å²) in [6.07, 6.45) is 0.106. The molecule has 0 bridgehead atoms. The fourth-order valence-electron chi connectivity index (χ4n) is 1.65. The van der Waals surface area contributed by atoms with E-state index in [2.05, 4.69) is 15.9 Å². The Kier molecular flexibility index (Phi) is 5.31. The number of Topliss-reactive ketones (excluding diaryl/α,β-unsaturated/α-hetero) is 1. The average molecular weight is 357 g/mol. The predicted molar refractivity (Wildman–Crippen MR) is 79.9 cm³/mol. The van der Waals surface area contributed by atoms with Gasteiger partial charge in [-0.15, -0.1) is 11.8 Å². The molecule has 0 radical (unpaired) electrons. The van der Waals surface area contributed by atoms with Gasteiger partial charge in [-0.2, -0.15) is 0 Å². The number of thioether (sulfide) groups is 1. The molecule has 0 N–H and O–H groups in total. The number of ketones is 1. The molecule has 20 heavy (non-hydrogen) atoms. The summed E-state index contributed by atoms with van der Waals surface area (Å²) in [6, 6.07) is 11.2. The number of hydrogen-bond donors (Lipinski definition) is 0. The van der Waals surface area contributed by atoms with Gasteiger partial charge in [0.1, 0.15) is 5.78 Å². The number of carbonyl (C=O) groups excluding carboxylic acids is 1. The van der Waals surface area contributed by atoms with Crippen molar-refractivity contribution in [2.75, 3.05) is 5.75 Å². The SMILES string of the molecule is O=C(CSc1ccccc1Br)Cc1ccc(F)c(F)c1. The monoisotopic (exact) mass is 356 g/mol. The Balaban J connectivity index is 1.93. The van der Waals surface area contributed by atoms with E-state index in [4.69, 9.17) is 0 Å². The molecule has 0 saturated heterocycles. The van der Waals surface area contributed by atoms with E-state index in [9.17, 15) is 13.6 Å². The van der Waals surface area contributed by atoms with E-state index in [0.29, 0.717) is 11.3 Å². The molecule has 2 rings (SSSR count). The van der Waals surface area contributed by atoms with Crippen molar-refractivity contribution in [2.45, 2.75) is 11.3 Å². The second-order valence-electron chi connectivity index (χ2n) is 4.18. The summed E-state index contributed by atoms with van der Waals surface area (Å²) in [7, 11) is 0. The first-order valence-electron chi connectivity index (χ1n) is 5.89. The molecule has 0 aliphatic carbocycles. The third kappa shape index (κ3) is 4.15. The molecule has 0 atom stereocenters. The molecule has 5 heteroatoms. The molecule has 0 aliphatic heterocycles. The molecule has 0 unspecified atom stereocenters. The maximum Gasteiger partial charge on any atom is 0.159 e. The Morgan fingerprint density at radius 2 is 1.85 bits per heavy atom. The maximum atomic E-state index is 13.0. The molecule has 0 heterocycles. The van der Waals surface area contributed by atoms with Gasteiger partial charge in [-0.25, -0.2) is 8.78 Å². The van der Waals surface area contributed by atoms with Crippen molar-refractivity contribution in [1.29, 1.82) is 0 Å². The highest BCUT2D eigenvalue weighted by Gasteiger charge is 2.09. The Hall–Kier alpha value is -1.20. The lowest BCUT2D eigenvalue weighted by atomic mass is 10.1. The van der Waals surface area contributed by atoms with Gasteiger partial charge in [0, 0.05) is 15.8 Å². The standard InChI is InChI=1S/C15H11BrF2OS/c16-12-3-1-2-4-15(12)20-9-11(19)7-10-5-6-13(17)14(18)8-10/h1-6,8H,7,9H2. The molecule has 1 nitrogen and oxygen atoms in total. The van der Waals surface area contributed by atoms with Crippen LogP contribution in [0, 0.1) is 11.6 Å². The van der Waals surface area contributed by atoms with E-state index in [1.807, 2.05) is 24.3 Å². The second-order valence-corrected chi connectivity index (χ2v) is 6.05. The first kappa shape index (κ1) is 15.2. The van der Waals surface area contributed by atoms with Crippen molar-refractivity contribution < 1.29 is 13.6 Å². The highest BCUT2D eigenvalue weighted by Crippen LogP contribution is 2.27. The number of carbonyl (C=O) groups is 1. The van der Waals surface area contributed by atoms with Gasteiger partial charge in [0.05, 0.1) is 5.75 Å². The molecule has 0 spiro atoms. The second kappa shape index (κ2) is 6.99. The zero-order valence-electron chi connectivity index (χ0n) is 10.4. The molecular formula is C15H11BrF2OS. The first-order valence-corrected chi connectivity index (χ1v) is 7.67. The van der Waals surface area contributed by atoms with Gasteiger partial charge in [0.2, 0.25) is 0 Å². The van der Waals surface area contributed by atoms with Crippen molar-refractivity contribution in [1.82, 2.24) is 0 Å². The van der Waals surface area contributed by atoms with Gasteiger partial charge in [0.25, 0.3) is 0 Å². The third-order valence-corrected chi connectivity index (χ3v) is 4.70. The van der Waals surface area contributed by atoms with Gasteiger partial charge in [-0.3, -0.25) is 4.79 Å². The minimum atomic E-state index is -0.922. The lowest BCUT2D eigenvalue weighted by molar-refractivity contribution is -0.116. The summed E-state index contributed by atoms with van der Waals surface area (Å²) in [6.45, 7) is 0. The molecule has 0 aromatic heterocycles. The molecule has 0 aliphatic rings. The lowest BCUT2D eigenvalue weighted by Gasteiger charge is -2.04. The largest absolute Gasteiger partial charge is 0.298 e. The highest BCUT2D eigenvalue weighted by atomic mass is 79.9. The van der Waals surface area contributed by atoms with Crippen LogP contribution >= 0.6 is 27.7 Å². The summed E-state index contributed by atoms with van der Waals surface area (Å²) in [5, 5.41) is 0. The van der Waals surface area contributed by atoms with Crippen LogP contribution in [0.3, 0.4) is 0 Å². The predicted octanol–water partition coefficient (Wildman–Crippen LogP) is 4.63. The van der Waals surface area contributed by atoms with Gasteiger partial charge < -0.3 is 0 Å². The number of halogens is 3. The molecule has 2 aromatic rings. The van der Waals surface area contributed by atoms with Crippen LogP contribution in [0.15, 0.2) is 51.8 Å². The molecule has 104 valence electrons. The van der Waals surface area contributed by atoms with E-state index in [0.717, 1.165) is 21.5 Å². The topological polar surface area (TPSA) is 17.1 Å². The van der Waals surface area contributed by atoms with Crippen LogP contribution in [0.4, 0.5) is 8.78 Å². The fraction of sp³-hybridized carbons (Fsp3) is 0.133. The van der Waals surface area contributed by atoms with E-state index in [1.165, 1.54) is 17.8 Å². The summed E-state index contributed by atoms with van der Waals surface area (Å²) < 4.78 is 26.8. The van der Waals surface area contributed by atoms with Gasteiger partial charge in [-0.1, -0.05) is 18.2 Å². The van der Waals surface area contributed by atoms with Crippen LogP contribution in [0.1, 0.15) is 5.56 Å². The van der Waals surface area contributed by atoms with Gasteiger partial charge in [-0.05, 0) is 45.8 Å². The van der Waals surface area contributed by atoms with Crippen molar-refractivity contribution in [3.8, 4) is 0 Å². The van der Waals surface area contributed by atoms with Gasteiger partial charge in [0.15, 0.2) is 11.6 Å². The minimum absolute atomic E-state index is 0.0308. The Bertz CT molecular complexity index is 631. The molecule has 0 amide bonds. The highest BCUT2D eigenvalue weighted by molar-refractivity contribution is 9.10. The van der Waals surface area contributed by atoms with Crippen LogP contribution in [-0.4, -0.2) is 11.5 Å². The zero-order chi connectivity index (χ0) is 14.5. The van der Waals surface area contributed by atoms with Crippen molar-refractivity contribution in [3.05, 3.63) is 64.1 Å². The van der Waals surface area contributed by atoms with Gasteiger partial charge >= 0.3 is 0 Å². The Morgan fingerprint density at radius 3 is 2.55 bits per heavy atom. The first-order chi connectivity index (χ1) is 9.56. The molecule has 2 aromatic carbocycles. The lowest BCUT2D eigenvalue weighted by Crippen LogP contribution is -2.06. The maximum absolute atomic E-state index is 13.0. The molecular weight excluding hydrogens is 346 g/mol. The van der Waals surface area contributed by atoms with Crippen LogP contribution in [-0.2, 0) is 11.2 Å². The number of hydrogen-bond acceptors (Lipinski definition) is 2. The van der Waals surface area contributed by atoms with E-state index in [1.54, 1.807) is 0 Å².